The van der Waals surface area contributed by atoms with Gasteiger partial charge in [0.1, 0.15) is 17.4 Å². The van der Waals surface area contributed by atoms with E-state index in [9.17, 15) is 14.3 Å². The zero-order chi connectivity index (χ0) is 23.6. The molecule has 0 unspecified atom stereocenters. The van der Waals surface area contributed by atoms with E-state index in [1.807, 2.05) is 43.3 Å². The number of benzene rings is 2. The molecule has 168 valence electrons. The van der Waals surface area contributed by atoms with Gasteiger partial charge in [-0.25, -0.2) is 14.4 Å². The lowest BCUT2D eigenvalue weighted by molar-refractivity contribution is -0.142. The molecule has 0 amide bonds. The summed E-state index contributed by atoms with van der Waals surface area (Å²) >= 11 is 0. The van der Waals surface area contributed by atoms with Crippen molar-refractivity contribution in [1.29, 1.82) is 0 Å². The maximum atomic E-state index is 13.3. The first kappa shape index (κ1) is 22.2. The van der Waals surface area contributed by atoms with Crippen molar-refractivity contribution in [1.82, 2.24) is 9.97 Å². The lowest BCUT2D eigenvalue weighted by Crippen LogP contribution is -2.28. The number of carboxylic acids is 1. The molecule has 0 saturated carbocycles. The van der Waals surface area contributed by atoms with Gasteiger partial charge in [-0.2, -0.15) is 0 Å². The largest absolute Gasteiger partial charge is 0.481 e. The van der Waals surface area contributed by atoms with Gasteiger partial charge >= 0.3 is 5.97 Å². The second-order valence-corrected chi connectivity index (χ2v) is 8.35. The molecule has 4 aromatic rings. The number of rotatable bonds is 7. The van der Waals surface area contributed by atoms with Gasteiger partial charge in [0, 0.05) is 18.4 Å². The number of hydrogen-bond donors (Lipinski definition) is 2. The van der Waals surface area contributed by atoms with Crippen LogP contribution in [-0.4, -0.2) is 21.0 Å². The fraction of sp³-hybridized carbons (Fsp3) is 0.192. The van der Waals surface area contributed by atoms with Crippen LogP contribution in [0.4, 0.5) is 10.2 Å². The average molecular weight is 445 g/mol. The number of pyridine rings is 2. The van der Waals surface area contributed by atoms with Gasteiger partial charge in [-0.3, -0.25) is 4.79 Å². The quantitative estimate of drug-likeness (QED) is 0.358. The number of aliphatic carboxylic acids is 1. The molecule has 0 aliphatic heterocycles. The number of aromatic nitrogens is 2. The van der Waals surface area contributed by atoms with Gasteiger partial charge in [0.2, 0.25) is 5.88 Å². The van der Waals surface area contributed by atoms with E-state index in [4.69, 9.17) is 4.74 Å². The predicted octanol–water partition coefficient (Wildman–Crippen LogP) is 6.10. The Balaban J connectivity index is 1.63. The molecule has 2 aromatic heterocycles. The summed E-state index contributed by atoms with van der Waals surface area (Å²) in [4.78, 5) is 20.4. The van der Waals surface area contributed by atoms with Crippen LogP contribution in [0.25, 0.3) is 10.8 Å². The first-order chi connectivity index (χ1) is 15.8. The summed E-state index contributed by atoms with van der Waals surface area (Å²) in [6.07, 6.45) is 3.36. The van der Waals surface area contributed by atoms with E-state index in [0.717, 1.165) is 16.5 Å². The zero-order valence-electron chi connectivity index (χ0n) is 18.5. The number of hydrogen-bond acceptors (Lipinski definition) is 5. The van der Waals surface area contributed by atoms with Gasteiger partial charge in [-0.1, -0.05) is 24.3 Å². The van der Waals surface area contributed by atoms with Gasteiger partial charge in [0.15, 0.2) is 0 Å². The SMILES string of the molecule is C[C@H](Nc1nccc2ccnc(Oc3ccc(F)cc3)c12)c1ccc(C(C)(C)C(=O)O)cc1. The Morgan fingerprint density at radius 2 is 1.64 bits per heavy atom. The minimum atomic E-state index is -0.968. The monoisotopic (exact) mass is 445 g/mol. The van der Waals surface area contributed by atoms with Crippen LogP contribution in [0.2, 0.25) is 0 Å². The minimum Gasteiger partial charge on any atom is -0.481 e. The highest BCUT2D eigenvalue weighted by molar-refractivity contribution is 5.95. The summed E-state index contributed by atoms with van der Waals surface area (Å²) in [5.41, 5.74) is 0.738. The fourth-order valence-electron chi connectivity index (χ4n) is 3.49. The molecule has 0 radical (unpaired) electrons. The number of carboxylic acid groups (broad SMARTS) is 1. The summed E-state index contributed by atoms with van der Waals surface area (Å²) in [5, 5.41) is 14.5. The second kappa shape index (κ2) is 8.86. The Labute approximate surface area is 191 Å². The number of halogens is 1. The van der Waals surface area contributed by atoms with E-state index in [0.29, 0.717) is 22.8 Å². The molecular weight excluding hydrogens is 421 g/mol. The highest BCUT2D eigenvalue weighted by Gasteiger charge is 2.29. The molecule has 2 heterocycles. The third kappa shape index (κ3) is 4.62. The Kier molecular flexibility index (Phi) is 5.96. The zero-order valence-corrected chi connectivity index (χ0v) is 18.5. The van der Waals surface area contributed by atoms with Crippen LogP contribution >= 0.6 is 0 Å². The highest BCUT2D eigenvalue weighted by atomic mass is 19.1. The van der Waals surface area contributed by atoms with Crippen molar-refractivity contribution in [2.24, 2.45) is 0 Å². The molecule has 0 aliphatic carbocycles. The van der Waals surface area contributed by atoms with Crippen molar-refractivity contribution in [3.8, 4) is 11.6 Å². The molecule has 1 atom stereocenters. The maximum Gasteiger partial charge on any atom is 0.313 e. The number of nitrogens with one attached hydrogen (secondary N) is 1. The smallest absolute Gasteiger partial charge is 0.313 e. The van der Waals surface area contributed by atoms with E-state index < -0.39 is 11.4 Å². The van der Waals surface area contributed by atoms with Crippen LogP contribution in [0.15, 0.2) is 73.1 Å². The molecule has 0 aliphatic rings. The average Bonchev–Trinajstić information content (AvgIpc) is 2.81. The van der Waals surface area contributed by atoms with E-state index in [-0.39, 0.29) is 11.9 Å². The molecule has 0 saturated heterocycles. The normalized spacial score (nSPS) is 12.4. The molecule has 7 heteroatoms. The van der Waals surface area contributed by atoms with Crippen LogP contribution in [0.3, 0.4) is 0 Å². The molecular formula is C26H24FN3O3. The molecule has 0 bridgehead atoms. The van der Waals surface area contributed by atoms with Gasteiger partial charge in [-0.05, 0) is 73.7 Å². The van der Waals surface area contributed by atoms with Crippen LogP contribution in [0, 0.1) is 5.82 Å². The van der Waals surface area contributed by atoms with Gasteiger partial charge in [-0.15, -0.1) is 0 Å². The number of nitrogens with zero attached hydrogens (tertiary/aromatic N) is 2. The summed E-state index contributed by atoms with van der Waals surface area (Å²) < 4.78 is 19.2. The third-order valence-electron chi connectivity index (χ3n) is 5.69. The Morgan fingerprint density at radius 1 is 1.00 bits per heavy atom. The Hall–Kier alpha value is -4.00. The number of anilines is 1. The van der Waals surface area contributed by atoms with Crippen LogP contribution in [-0.2, 0) is 10.2 Å². The molecule has 4 rings (SSSR count). The molecule has 0 fully saturated rings. The van der Waals surface area contributed by atoms with Crippen molar-refractivity contribution in [3.63, 3.8) is 0 Å². The van der Waals surface area contributed by atoms with E-state index in [1.165, 1.54) is 12.1 Å². The number of carbonyl (C=O) groups is 1. The van der Waals surface area contributed by atoms with Crippen LogP contribution in [0.5, 0.6) is 11.6 Å². The second-order valence-electron chi connectivity index (χ2n) is 8.35. The van der Waals surface area contributed by atoms with Crippen LogP contribution < -0.4 is 10.1 Å². The standard InChI is InChI=1S/C26H24FN3O3/c1-16(17-4-6-19(7-5-17)26(2,3)25(31)32)30-23-22-18(12-14-28-23)13-15-29-24(22)33-21-10-8-20(27)9-11-21/h4-16H,1-3H3,(H,28,30)(H,31,32)/t16-/m0/s1. The van der Waals surface area contributed by atoms with Gasteiger partial charge < -0.3 is 15.2 Å². The summed E-state index contributed by atoms with van der Waals surface area (Å²) in [7, 11) is 0. The molecule has 0 spiro atoms. The molecule has 6 nitrogen and oxygen atoms in total. The van der Waals surface area contributed by atoms with Crippen LogP contribution in [0.1, 0.15) is 37.9 Å². The molecule has 2 aromatic carbocycles. The summed E-state index contributed by atoms with van der Waals surface area (Å²) in [5.74, 6) is 0.211. The minimum absolute atomic E-state index is 0.121. The van der Waals surface area contributed by atoms with E-state index >= 15 is 0 Å². The summed E-state index contributed by atoms with van der Waals surface area (Å²) in [6.45, 7) is 5.36. The lowest BCUT2D eigenvalue weighted by atomic mass is 9.84. The fourth-order valence-corrected chi connectivity index (χ4v) is 3.49. The maximum absolute atomic E-state index is 13.3. The van der Waals surface area contributed by atoms with Crippen molar-refractivity contribution < 1.29 is 19.0 Å². The molecule has 33 heavy (non-hydrogen) atoms. The van der Waals surface area contributed by atoms with Crippen molar-refractivity contribution in [2.45, 2.75) is 32.2 Å². The molecule has 2 N–H and O–H groups in total. The van der Waals surface area contributed by atoms with E-state index in [2.05, 4.69) is 15.3 Å². The third-order valence-corrected chi connectivity index (χ3v) is 5.69. The summed E-state index contributed by atoms with van der Waals surface area (Å²) in [6, 6.07) is 16.9. The van der Waals surface area contributed by atoms with Crippen molar-refractivity contribution >= 4 is 22.6 Å². The Bertz CT molecular complexity index is 1280. The van der Waals surface area contributed by atoms with Crippen molar-refractivity contribution in [2.75, 3.05) is 5.32 Å². The predicted molar refractivity (Wildman–Crippen MR) is 125 cm³/mol. The lowest BCUT2D eigenvalue weighted by Gasteiger charge is -2.21. The van der Waals surface area contributed by atoms with Gasteiger partial charge in [0.25, 0.3) is 0 Å². The van der Waals surface area contributed by atoms with Crippen molar-refractivity contribution in [3.05, 3.63) is 90.0 Å². The van der Waals surface area contributed by atoms with E-state index in [1.54, 1.807) is 38.4 Å². The topological polar surface area (TPSA) is 84.3 Å². The first-order valence-corrected chi connectivity index (χ1v) is 10.5. The number of fused-ring (bicyclic) bond motifs is 1. The Morgan fingerprint density at radius 3 is 2.27 bits per heavy atom. The van der Waals surface area contributed by atoms with Gasteiger partial charge in [0.05, 0.1) is 10.8 Å². The number of ether oxygens (including phenoxy) is 1. The highest BCUT2D eigenvalue weighted by Crippen LogP contribution is 2.34. The first-order valence-electron chi connectivity index (χ1n) is 10.5.